The molecular formula is C21H27N3O4. The standard InChI is InChI=1S/C21H27N3O4/c1-23(14-20(25)22-17-6-5-7-19(12-17)28-4)15-21(26)24(2)13-16-8-10-18(27-3)11-9-16/h5-12H,13-15H2,1-4H3,(H,22,25). The van der Waals surface area contributed by atoms with Gasteiger partial charge in [0.15, 0.2) is 0 Å². The average Bonchev–Trinajstić information content (AvgIpc) is 2.68. The first-order valence-corrected chi connectivity index (χ1v) is 8.90. The Morgan fingerprint density at radius 3 is 2.25 bits per heavy atom. The van der Waals surface area contributed by atoms with E-state index in [0.29, 0.717) is 18.0 Å². The van der Waals surface area contributed by atoms with E-state index < -0.39 is 0 Å². The third-order valence-corrected chi connectivity index (χ3v) is 4.18. The van der Waals surface area contributed by atoms with Crippen molar-refractivity contribution < 1.29 is 19.1 Å². The lowest BCUT2D eigenvalue weighted by molar-refractivity contribution is -0.131. The van der Waals surface area contributed by atoms with Gasteiger partial charge in [-0.1, -0.05) is 18.2 Å². The lowest BCUT2D eigenvalue weighted by Gasteiger charge is -2.22. The predicted octanol–water partition coefficient (Wildman–Crippen LogP) is 2.23. The fraction of sp³-hybridized carbons (Fsp3) is 0.333. The third kappa shape index (κ3) is 6.59. The topological polar surface area (TPSA) is 71.1 Å². The zero-order valence-corrected chi connectivity index (χ0v) is 16.8. The van der Waals surface area contributed by atoms with Crippen molar-refractivity contribution in [2.75, 3.05) is 46.7 Å². The fourth-order valence-electron chi connectivity index (χ4n) is 2.65. The van der Waals surface area contributed by atoms with E-state index >= 15 is 0 Å². The maximum Gasteiger partial charge on any atom is 0.238 e. The van der Waals surface area contributed by atoms with Crippen LogP contribution >= 0.6 is 0 Å². The van der Waals surface area contributed by atoms with E-state index in [0.717, 1.165) is 11.3 Å². The molecule has 0 aromatic heterocycles. The molecule has 0 saturated carbocycles. The Hall–Kier alpha value is -3.06. The van der Waals surface area contributed by atoms with Crippen LogP contribution in [0.3, 0.4) is 0 Å². The van der Waals surface area contributed by atoms with E-state index in [1.807, 2.05) is 24.3 Å². The second-order valence-corrected chi connectivity index (χ2v) is 6.55. The first-order chi connectivity index (χ1) is 13.4. The van der Waals surface area contributed by atoms with Gasteiger partial charge >= 0.3 is 0 Å². The van der Waals surface area contributed by atoms with Crippen molar-refractivity contribution in [3.63, 3.8) is 0 Å². The summed E-state index contributed by atoms with van der Waals surface area (Å²) in [4.78, 5) is 27.9. The van der Waals surface area contributed by atoms with Gasteiger partial charge in [-0.3, -0.25) is 14.5 Å². The zero-order valence-electron chi connectivity index (χ0n) is 16.8. The number of hydrogen-bond acceptors (Lipinski definition) is 5. The number of nitrogens with zero attached hydrogens (tertiary/aromatic N) is 2. The van der Waals surface area contributed by atoms with E-state index in [2.05, 4.69) is 5.32 Å². The minimum atomic E-state index is -0.193. The number of benzene rings is 2. The monoisotopic (exact) mass is 385 g/mol. The summed E-state index contributed by atoms with van der Waals surface area (Å²) in [5.41, 5.74) is 1.66. The highest BCUT2D eigenvalue weighted by Crippen LogP contribution is 2.16. The normalized spacial score (nSPS) is 10.5. The summed E-state index contributed by atoms with van der Waals surface area (Å²) in [5.74, 6) is 1.19. The van der Waals surface area contributed by atoms with Gasteiger partial charge in [0.2, 0.25) is 11.8 Å². The molecule has 2 aromatic carbocycles. The first kappa shape index (κ1) is 21.2. The molecule has 0 atom stereocenters. The maximum absolute atomic E-state index is 12.4. The van der Waals surface area contributed by atoms with Crippen molar-refractivity contribution in [2.24, 2.45) is 0 Å². The summed E-state index contributed by atoms with van der Waals surface area (Å²) in [6.45, 7) is 0.754. The van der Waals surface area contributed by atoms with Crippen LogP contribution in [0.4, 0.5) is 5.69 Å². The lowest BCUT2D eigenvalue weighted by Crippen LogP contribution is -2.39. The van der Waals surface area contributed by atoms with Crippen molar-refractivity contribution in [3.8, 4) is 11.5 Å². The Morgan fingerprint density at radius 1 is 0.929 bits per heavy atom. The van der Waals surface area contributed by atoms with Gasteiger partial charge in [-0.2, -0.15) is 0 Å². The second-order valence-electron chi connectivity index (χ2n) is 6.55. The number of ether oxygens (including phenoxy) is 2. The Kier molecular flexibility index (Phi) is 7.83. The second kappa shape index (κ2) is 10.3. The quantitative estimate of drug-likeness (QED) is 0.717. The Bertz CT molecular complexity index is 792. The van der Waals surface area contributed by atoms with Gasteiger partial charge in [0.1, 0.15) is 11.5 Å². The van der Waals surface area contributed by atoms with Crippen molar-refractivity contribution in [1.82, 2.24) is 9.80 Å². The third-order valence-electron chi connectivity index (χ3n) is 4.18. The van der Waals surface area contributed by atoms with Crippen LogP contribution in [0.15, 0.2) is 48.5 Å². The van der Waals surface area contributed by atoms with Gasteiger partial charge in [-0.15, -0.1) is 0 Å². The molecule has 28 heavy (non-hydrogen) atoms. The summed E-state index contributed by atoms with van der Waals surface area (Å²) < 4.78 is 10.3. The van der Waals surface area contributed by atoms with Gasteiger partial charge in [-0.25, -0.2) is 0 Å². The predicted molar refractivity (Wildman–Crippen MR) is 109 cm³/mol. The molecule has 0 radical (unpaired) electrons. The zero-order chi connectivity index (χ0) is 20.5. The number of carbonyl (C=O) groups excluding carboxylic acids is 2. The van der Waals surface area contributed by atoms with Crippen LogP contribution in [0.25, 0.3) is 0 Å². The molecular weight excluding hydrogens is 358 g/mol. The highest BCUT2D eigenvalue weighted by molar-refractivity contribution is 5.92. The number of anilines is 1. The summed E-state index contributed by atoms with van der Waals surface area (Å²) in [7, 11) is 6.68. The van der Waals surface area contributed by atoms with E-state index in [-0.39, 0.29) is 24.9 Å². The molecule has 0 heterocycles. The van der Waals surface area contributed by atoms with Crippen LogP contribution in [0.5, 0.6) is 11.5 Å². The number of rotatable bonds is 9. The van der Waals surface area contributed by atoms with Crippen LogP contribution in [0.2, 0.25) is 0 Å². The molecule has 0 aliphatic heterocycles. The number of likely N-dealkylation sites (N-methyl/N-ethyl adjacent to an activating group) is 2. The summed E-state index contributed by atoms with van der Waals surface area (Å²) >= 11 is 0. The molecule has 2 amide bonds. The molecule has 0 aliphatic rings. The van der Waals surface area contributed by atoms with Crippen molar-refractivity contribution >= 4 is 17.5 Å². The van der Waals surface area contributed by atoms with Crippen molar-refractivity contribution in [1.29, 1.82) is 0 Å². The molecule has 1 N–H and O–H groups in total. The number of nitrogens with one attached hydrogen (secondary N) is 1. The first-order valence-electron chi connectivity index (χ1n) is 8.90. The van der Waals surface area contributed by atoms with E-state index in [1.165, 1.54) is 0 Å². The van der Waals surface area contributed by atoms with E-state index in [1.54, 1.807) is 62.4 Å². The summed E-state index contributed by atoms with van der Waals surface area (Å²) in [5, 5.41) is 2.80. The molecule has 0 fully saturated rings. The largest absolute Gasteiger partial charge is 0.497 e. The molecule has 0 unspecified atom stereocenters. The van der Waals surface area contributed by atoms with Gasteiger partial charge in [0.25, 0.3) is 0 Å². The van der Waals surface area contributed by atoms with Crippen molar-refractivity contribution in [2.45, 2.75) is 6.54 Å². The molecule has 2 aromatic rings. The molecule has 0 aliphatic carbocycles. The smallest absolute Gasteiger partial charge is 0.238 e. The molecule has 7 nitrogen and oxygen atoms in total. The van der Waals surface area contributed by atoms with Gasteiger partial charge in [0, 0.05) is 25.3 Å². The Balaban J connectivity index is 1.80. The molecule has 2 rings (SSSR count). The van der Waals surface area contributed by atoms with Gasteiger partial charge in [0.05, 0.1) is 27.3 Å². The number of hydrogen-bond donors (Lipinski definition) is 1. The minimum absolute atomic E-state index is 0.0625. The average molecular weight is 385 g/mol. The van der Waals surface area contributed by atoms with Crippen LogP contribution in [0, 0.1) is 0 Å². The van der Waals surface area contributed by atoms with Gasteiger partial charge < -0.3 is 19.7 Å². The number of carbonyl (C=O) groups is 2. The van der Waals surface area contributed by atoms with Crippen LogP contribution in [-0.2, 0) is 16.1 Å². The molecule has 150 valence electrons. The van der Waals surface area contributed by atoms with Gasteiger partial charge in [-0.05, 0) is 36.9 Å². The minimum Gasteiger partial charge on any atom is -0.497 e. The van der Waals surface area contributed by atoms with Crippen LogP contribution < -0.4 is 14.8 Å². The van der Waals surface area contributed by atoms with Crippen LogP contribution in [-0.4, -0.2) is 63.0 Å². The molecule has 0 spiro atoms. The highest BCUT2D eigenvalue weighted by atomic mass is 16.5. The van der Waals surface area contributed by atoms with Crippen LogP contribution in [0.1, 0.15) is 5.56 Å². The molecule has 0 saturated heterocycles. The Morgan fingerprint density at radius 2 is 1.61 bits per heavy atom. The number of methoxy groups -OCH3 is 2. The fourth-order valence-corrected chi connectivity index (χ4v) is 2.65. The van der Waals surface area contributed by atoms with Crippen molar-refractivity contribution in [3.05, 3.63) is 54.1 Å². The number of amides is 2. The summed E-state index contributed by atoms with van der Waals surface area (Å²) in [6, 6.07) is 14.7. The SMILES string of the molecule is COc1ccc(CN(C)C(=O)CN(C)CC(=O)Nc2cccc(OC)c2)cc1. The Labute approximate surface area is 165 Å². The van der Waals surface area contributed by atoms with E-state index in [9.17, 15) is 9.59 Å². The summed E-state index contributed by atoms with van der Waals surface area (Å²) in [6.07, 6.45) is 0. The van der Waals surface area contributed by atoms with E-state index in [4.69, 9.17) is 9.47 Å². The highest BCUT2D eigenvalue weighted by Gasteiger charge is 2.15. The molecule has 7 heteroatoms. The lowest BCUT2D eigenvalue weighted by atomic mass is 10.2. The molecule has 0 bridgehead atoms. The maximum atomic E-state index is 12.4.